The highest BCUT2D eigenvalue weighted by molar-refractivity contribution is 6.10. The second-order valence-corrected chi connectivity index (χ2v) is 5.55. The second-order valence-electron chi connectivity index (χ2n) is 5.55. The van der Waals surface area contributed by atoms with Crippen molar-refractivity contribution in [2.45, 2.75) is 13.3 Å². The Morgan fingerprint density at radius 1 is 1.12 bits per heavy atom. The largest absolute Gasteiger partial charge is 0.380 e. The molecule has 0 saturated heterocycles. The van der Waals surface area contributed by atoms with Gasteiger partial charge in [-0.15, -0.1) is 0 Å². The van der Waals surface area contributed by atoms with Gasteiger partial charge in [-0.1, -0.05) is 12.2 Å². The zero-order chi connectivity index (χ0) is 17.4. The molecule has 0 amide bonds. The number of halogens is 1. The molecule has 1 aromatic heterocycles. The van der Waals surface area contributed by atoms with Crippen LogP contribution >= 0.6 is 0 Å². The number of aromatic nitrogens is 1. The third-order valence-corrected chi connectivity index (χ3v) is 3.54. The summed E-state index contributed by atoms with van der Waals surface area (Å²) in [6.07, 6.45) is 7.97. The lowest BCUT2D eigenvalue weighted by atomic mass is 9.96. The van der Waals surface area contributed by atoms with E-state index in [1.807, 2.05) is 31.2 Å². The molecule has 4 heteroatoms. The summed E-state index contributed by atoms with van der Waals surface area (Å²) in [4.78, 5) is 4.02. The van der Waals surface area contributed by atoms with Crippen LogP contribution in [0.3, 0.4) is 0 Å². The van der Waals surface area contributed by atoms with E-state index in [4.69, 9.17) is 10.1 Å². The Balaban J connectivity index is 2.30. The Hall–Kier alpha value is -2.59. The van der Waals surface area contributed by atoms with Crippen LogP contribution in [-0.4, -0.2) is 24.4 Å². The number of hydrogen-bond donors (Lipinski definition) is 1. The van der Waals surface area contributed by atoms with Gasteiger partial charge in [0, 0.05) is 19.5 Å². The maximum absolute atomic E-state index is 13.1. The lowest BCUT2D eigenvalue weighted by Gasteiger charge is -2.10. The predicted molar refractivity (Wildman–Crippen MR) is 94.9 cm³/mol. The van der Waals surface area contributed by atoms with E-state index < -0.39 is 0 Å². The molecule has 0 aliphatic carbocycles. The van der Waals surface area contributed by atoms with Gasteiger partial charge in [-0.05, 0) is 72.0 Å². The molecular formula is C20H21FN2O. The molecule has 0 bridgehead atoms. The van der Waals surface area contributed by atoms with Gasteiger partial charge in [-0.2, -0.15) is 0 Å². The maximum atomic E-state index is 13.1. The lowest BCUT2D eigenvalue weighted by molar-refractivity contribution is 0.226. The average Bonchev–Trinajstić information content (AvgIpc) is 2.60. The first kappa shape index (κ1) is 17.8. The van der Waals surface area contributed by atoms with Crippen molar-refractivity contribution >= 4 is 5.71 Å². The normalized spacial score (nSPS) is 12.3. The van der Waals surface area contributed by atoms with Crippen molar-refractivity contribution in [1.29, 1.82) is 5.41 Å². The molecule has 0 aliphatic heterocycles. The Bertz CT molecular complexity index is 734. The highest BCUT2D eigenvalue weighted by atomic mass is 19.1. The maximum Gasteiger partial charge on any atom is 0.123 e. The molecule has 0 atom stereocenters. The summed E-state index contributed by atoms with van der Waals surface area (Å²) in [5, 5.41) is 8.49. The van der Waals surface area contributed by atoms with Crippen molar-refractivity contribution in [3.05, 3.63) is 89.0 Å². The summed E-state index contributed by atoms with van der Waals surface area (Å²) in [6, 6.07) is 9.86. The molecule has 1 aromatic carbocycles. The third-order valence-electron chi connectivity index (χ3n) is 3.54. The fourth-order valence-electron chi connectivity index (χ4n) is 2.27. The summed E-state index contributed by atoms with van der Waals surface area (Å²) < 4.78 is 18.2. The van der Waals surface area contributed by atoms with Crippen LogP contribution in [0.5, 0.6) is 0 Å². The van der Waals surface area contributed by atoms with Crippen LogP contribution in [0.25, 0.3) is 0 Å². The Labute approximate surface area is 142 Å². The molecule has 0 saturated carbocycles. The van der Waals surface area contributed by atoms with Gasteiger partial charge in [0.25, 0.3) is 0 Å². The van der Waals surface area contributed by atoms with Crippen molar-refractivity contribution in [1.82, 2.24) is 4.98 Å². The van der Waals surface area contributed by atoms with Crippen molar-refractivity contribution in [2.75, 3.05) is 13.7 Å². The minimum atomic E-state index is -0.304. The first-order chi connectivity index (χ1) is 11.6. The highest BCUT2D eigenvalue weighted by Gasteiger charge is 2.09. The Morgan fingerprint density at radius 2 is 1.79 bits per heavy atom. The number of pyridine rings is 1. The summed E-state index contributed by atoms with van der Waals surface area (Å²) in [7, 11) is 1.65. The van der Waals surface area contributed by atoms with Crippen LogP contribution in [0.1, 0.15) is 18.1 Å². The first-order valence-corrected chi connectivity index (χ1v) is 7.69. The van der Waals surface area contributed by atoms with E-state index in [-0.39, 0.29) is 5.82 Å². The van der Waals surface area contributed by atoms with Crippen LogP contribution in [-0.2, 0) is 11.2 Å². The molecule has 0 aliphatic rings. The number of rotatable bonds is 7. The molecule has 0 unspecified atom stereocenters. The third kappa shape index (κ3) is 5.25. The van der Waals surface area contributed by atoms with Crippen LogP contribution in [0.15, 0.2) is 72.1 Å². The zero-order valence-corrected chi connectivity index (χ0v) is 13.9. The fourth-order valence-corrected chi connectivity index (χ4v) is 2.27. The average molecular weight is 324 g/mol. The van der Waals surface area contributed by atoms with Gasteiger partial charge in [0.05, 0.1) is 12.3 Å². The molecule has 3 nitrogen and oxygen atoms in total. The molecule has 2 rings (SSSR count). The fraction of sp³-hybridized carbons (Fsp3) is 0.200. The van der Waals surface area contributed by atoms with Gasteiger partial charge in [-0.3, -0.25) is 10.4 Å². The lowest BCUT2D eigenvalue weighted by Crippen LogP contribution is -2.07. The van der Waals surface area contributed by atoms with Gasteiger partial charge < -0.3 is 4.74 Å². The van der Waals surface area contributed by atoms with Crippen molar-refractivity contribution in [3.8, 4) is 0 Å². The van der Waals surface area contributed by atoms with E-state index >= 15 is 0 Å². The molecule has 2 aromatic rings. The predicted octanol–water partition coefficient (Wildman–Crippen LogP) is 4.35. The van der Waals surface area contributed by atoms with Crippen molar-refractivity contribution < 1.29 is 9.13 Å². The van der Waals surface area contributed by atoms with E-state index in [2.05, 4.69) is 4.98 Å². The quantitative estimate of drug-likeness (QED) is 0.608. The molecule has 124 valence electrons. The SMILES string of the molecule is COC/C(C)=C/C=C(\Cc1ccncc1)C(=N)c1ccc(F)cc1. The van der Waals surface area contributed by atoms with Crippen molar-refractivity contribution in [2.24, 2.45) is 0 Å². The van der Waals surface area contributed by atoms with E-state index in [9.17, 15) is 4.39 Å². The smallest absolute Gasteiger partial charge is 0.123 e. The monoisotopic (exact) mass is 324 g/mol. The first-order valence-electron chi connectivity index (χ1n) is 7.69. The number of nitrogens with zero attached hydrogens (tertiary/aromatic N) is 1. The second kappa shape index (κ2) is 8.89. The summed E-state index contributed by atoms with van der Waals surface area (Å²) in [6.45, 7) is 2.52. The summed E-state index contributed by atoms with van der Waals surface area (Å²) in [5.41, 5.74) is 4.06. The van der Waals surface area contributed by atoms with Gasteiger partial charge in [-0.25, -0.2) is 4.39 Å². The number of nitrogens with one attached hydrogen (secondary N) is 1. The van der Waals surface area contributed by atoms with Crippen LogP contribution in [0.2, 0.25) is 0 Å². The van der Waals surface area contributed by atoms with Crippen molar-refractivity contribution in [3.63, 3.8) is 0 Å². The summed E-state index contributed by atoms with van der Waals surface area (Å²) in [5.74, 6) is -0.304. The number of allylic oxidation sites excluding steroid dienone is 3. The van der Waals surface area contributed by atoms with Crippen LogP contribution in [0, 0.1) is 11.2 Å². The molecule has 0 spiro atoms. The minimum absolute atomic E-state index is 0.304. The van der Waals surface area contributed by atoms with E-state index in [1.54, 1.807) is 31.6 Å². The molecule has 1 heterocycles. The number of hydrogen-bond acceptors (Lipinski definition) is 3. The molecule has 1 N–H and O–H groups in total. The van der Waals surface area contributed by atoms with Gasteiger partial charge in [0.15, 0.2) is 0 Å². The summed E-state index contributed by atoms with van der Waals surface area (Å²) >= 11 is 0. The minimum Gasteiger partial charge on any atom is -0.380 e. The topological polar surface area (TPSA) is 46.0 Å². The zero-order valence-electron chi connectivity index (χ0n) is 13.9. The number of methoxy groups -OCH3 is 1. The van der Waals surface area contributed by atoms with Gasteiger partial charge >= 0.3 is 0 Å². The Morgan fingerprint density at radius 3 is 2.42 bits per heavy atom. The number of ether oxygens (including phenoxy) is 1. The molecule has 24 heavy (non-hydrogen) atoms. The number of benzene rings is 1. The van der Waals surface area contributed by atoms with Crippen LogP contribution < -0.4 is 0 Å². The van der Waals surface area contributed by atoms with E-state index in [1.165, 1.54) is 12.1 Å². The highest BCUT2D eigenvalue weighted by Crippen LogP contribution is 2.15. The van der Waals surface area contributed by atoms with Gasteiger partial charge in [0.1, 0.15) is 5.82 Å². The Kier molecular flexibility index (Phi) is 6.58. The standard InChI is InChI=1S/C20H21FN2O/c1-15(14-24-2)3-4-18(13-16-9-11-23-12-10-16)20(22)17-5-7-19(21)8-6-17/h3-12,22H,13-14H2,1-2H3/b15-3+,18-4+,22-20?. The van der Waals surface area contributed by atoms with Crippen LogP contribution in [0.4, 0.5) is 4.39 Å². The van der Waals surface area contributed by atoms with E-state index in [0.29, 0.717) is 24.3 Å². The molecule has 0 radical (unpaired) electrons. The van der Waals surface area contributed by atoms with E-state index in [0.717, 1.165) is 16.7 Å². The molecule has 0 fully saturated rings. The molecular weight excluding hydrogens is 303 g/mol. The van der Waals surface area contributed by atoms with Gasteiger partial charge in [0.2, 0.25) is 0 Å².